The third-order valence-corrected chi connectivity index (χ3v) is 5.85. The normalized spacial score (nSPS) is 22.8. The Labute approximate surface area is 125 Å². The van der Waals surface area contributed by atoms with Crippen LogP contribution in [0.1, 0.15) is 56.9 Å². The van der Waals surface area contributed by atoms with E-state index in [1.165, 1.54) is 67.1 Å². The van der Waals surface area contributed by atoms with E-state index in [2.05, 4.69) is 46.4 Å². The second-order valence-electron chi connectivity index (χ2n) is 6.61. The van der Waals surface area contributed by atoms with Crippen LogP contribution in [0.3, 0.4) is 0 Å². The van der Waals surface area contributed by atoms with Crippen LogP contribution in [0.4, 0.5) is 5.69 Å². The van der Waals surface area contributed by atoms with Gasteiger partial charge in [0.05, 0.1) is 0 Å². The molecule has 2 aliphatic carbocycles. The largest absolute Gasteiger partial charge is 0.381 e. The summed E-state index contributed by atoms with van der Waals surface area (Å²) < 4.78 is 1.20. The van der Waals surface area contributed by atoms with Crippen molar-refractivity contribution >= 4 is 21.6 Å². The SMILES string of the molecule is Cc1ccc(NC2CCC3(CCCC3)CC2)c(Br)c1. The molecule has 1 N–H and O–H groups in total. The molecule has 1 nitrogen and oxygen atoms in total. The molecular weight excluding hydrogens is 298 g/mol. The van der Waals surface area contributed by atoms with Crippen molar-refractivity contribution in [2.45, 2.75) is 64.3 Å². The maximum atomic E-state index is 3.74. The van der Waals surface area contributed by atoms with Crippen molar-refractivity contribution in [2.75, 3.05) is 5.32 Å². The molecule has 0 radical (unpaired) electrons. The molecule has 0 atom stereocenters. The fourth-order valence-corrected chi connectivity index (χ4v) is 4.56. The molecule has 0 amide bonds. The predicted octanol–water partition coefficient (Wildman–Crippen LogP) is 5.67. The van der Waals surface area contributed by atoms with E-state index in [1.807, 2.05) is 0 Å². The maximum Gasteiger partial charge on any atom is 0.0486 e. The molecule has 2 fully saturated rings. The van der Waals surface area contributed by atoms with Crippen molar-refractivity contribution in [1.82, 2.24) is 0 Å². The standard InChI is InChI=1S/C17H24BrN/c1-13-4-5-16(15(18)12-13)19-14-6-10-17(11-7-14)8-2-3-9-17/h4-5,12,14,19H,2-3,6-11H2,1H3. The van der Waals surface area contributed by atoms with E-state index in [1.54, 1.807) is 0 Å². The second kappa shape index (κ2) is 5.47. The minimum absolute atomic E-state index is 0.672. The zero-order chi connectivity index (χ0) is 13.3. The molecule has 1 aromatic rings. The lowest BCUT2D eigenvalue weighted by molar-refractivity contribution is 0.188. The summed E-state index contributed by atoms with van der Waals surface area (Å²) in [6, 6.07) is 7.27. The van der Waals surface area contributed by atoms with Crippen molar-refractivity contribution < 1.29 is 0 Å². The Balaban J connectivity index is 1.60. The number of hydrogen-bond acceptors (Lipinski definition) is 1. The first-order valence-corrected chi connectivity index (χ1v) is 8.49. The van der Waals surface area contributed by atoms with Gasteiger partial charge in [0.15, 0.2) is 0 Å². The summed E-state index contributed by atoms with van der Waals surface area (Å²) in [5.74, 6) is 0. The topological polar surface area (TPSA) is 12.0 Å². The highest BCUT2D eigenvalue weighted by molar-refractivity contribution is 9.10. The maximum absolute atomic E-state index is 3.74. The van der Waals surface area contributed by atoms with Gasteiger partial charge in [-0.05, 0) is 84.5 Å². The molecule has 104 valence electrons. The van der Waals surface area contributed by atoms with Crippen LogP contribution in [0.5, 0.6) is 0 Å². The molecule has 0 saturated heterocycles. The fourth-order valence-electron chi connectivity index (χ4n) is 3.96. The molecule has 0 heterocycles. The number of halogens is 1. The van der Waals surface area contributed by atoms with Crippen LogP contribution in [0.15, 0.2) is 22.7 Å². The van der Waals surface area contributed by atoms with Gasteiger partial charge in [-0.15, -0.1) is 0 Å². The summed E-state index contributed by atoms with van der Waals surface area (Å²) >= 11 is 3.67. The van der Waals surface area contributed by atoms with Gasteiger partial charge in [0, 0.05) is 16.2 Å². The molecule has 2 heteroatoms. The molecule has 0 aliphatic heterocycles. The van der Waals surface area contributed by atoms with Crippen LogP contribution in [0, 0.1) is 12.3 Å². The molecule has 3 rings (SSSR count). The smallest absolute Gasteiger partial charge is 0.0486 e. The van der Waals surface area contributed by atoms with Crippen LogP contribution < -0.4 is 5.32 Å². The van der Waals surface area contributed by atoms with Crippen molar-refractivity contribution in [3.8, 4) is 0 Å². The number of hydrogen-bond donors (Lipinski definition) is 1. The molecule has 2 saturated carbocycles. The van der Waals surface area contributed by atoms with E-state index in [9.17, 15) is 0 Å². The Morgan fingerprint density at radius 1 is 1.11 bits per heavy atom. The fraction of sp³-hybridized carbons (Fsp3) is 0.647. The van der Waals surface area contributed by atoms with Crippen LogP contribution >= 0.6 is 15.9 Å². The Hall–Kier alpha value is -0.500. The number of nitrogens with one attached hydrogen (secondary N) is 1. The summed E-state index contributed by atoms with van der Waals surface area (Å²) in [5.41, 5.74) is 3.31. The average molecular weight is 322 g/mol. The zero-order valence-corrected chi connectivity index (χ0v) is 13.4. The lowest BCUT2D eigenvalue weighted by Crippen LogP contribution is -2.31. The van der Waals surface area contributed by atoms with Gasteiger partial charge in [0.2, 0.25) is 0 Å². The molecule has 2 aliphatic rings. The second-order valence-corrected chi connectivity index (χ2v) is 7.46. The van der Waals surface area contributed by atoms with Crippen LogP contribution in [-0.4, -0.2) is 6.04 Å². The van der Waals surface area contributed by atoms with E-state index in [4.69, 9.17) is 0 Å². The van der Waals surface area contributed by atoms with Crippen molar-refractivity contribution in [1.29, 1.82) is 0 Å². The molecule has 1 aromatic carbocycles. The highest BCUT2D eigenvalue weighted by atomic mass is 79.9. The Kier molecular flexibility index (Phi) is 3.88. The van der Waals surface area contributed by atoms with Gasteiger partial charge in [-0.2, -0.15) is 0 Å². The van der Waals surface area contributed by atoms with Crippen LogP contribution in [0.2, 0.25) is 0 Å². The van der Waals surface area contributed by atoms with Crippen molar-refractivity contribution in [3.63, 3.8) is 0 Å². The summed E-state index contributed by atoms with van der Waals surface area (Å²) in [4.78, 5) is 0. The van der Waals surface area contributed by atoms with Gasteiger partial charge < -0.3 is 5.32 Å². The van der Waals surface area contributed by atoms with Gasteiger partial charge in [-0.3, -0.25) is 0 Å². The Bertz CT molecular complexity index is 439. The lowest BCUT2D eigenvalue weighted by Gasteiger charge is -2.38. The quantitative estimate of drug-likeness (QED) is 0.739. The van der Waals surface area contributed by atoms with Crippen molar-refractivity contribution in [3.05, 3.63) is 28.2 Å². The molecule has 0 aromatic heterocycles. The zero-order valence-electron chi connectivity index (χ0n) is 11.8. The monoisotopic (exact) mass is 321 g/mol. The highest BCUT2D eigenvalue weighted by Gasteiger charge is 2.37. The molecule has 0 bridgehead atoms. The molecule has 1 spiro atoms. The highest BCUT2D eigenvalue weighted by Crippen LogP contribution is 2.49. The van der Waals surface area contributed by atoms with Crippen molar-refractivity contribution in [2.24, 2.45) is 5.41 Å². The number of rotatable bonds is 2. The van der Waals surface area contributed by atoms with E-state index in [-0.39, 0.29) is 0 Å². The molecular formula is C17H24BrN. The first kappa shape index (κ1) is 13.5. The number of aryl methyl sites for hydroxylation is 1. The van der Waals surface area contributed by atoms with E-state index >= 15 is 0 Å². The lowest BCUT2D eigenvalue weighted by atomic mass is 9.71. The van der Waals surface area contributed by atoms with E-state index in [0.717, 1.165) is 5.41 Å². The number of anilines is 1. The van der Waals surface area contributed by atoms with Gasteiger partial charge in [0.25, 0.3) is 0 Å². The van der Waals surface area contributed by atoms with E-state index in [0.29, 0.717) is 6.04 Å². The summed E-state index contributed by atoms with van der Waals surface area (Å²) in [6.07, 6.45) is 11.5. The van der Waals surface area contributed by atoms with Gasteiger partial charge >= 0.3 is 0 Å². The summed E-state index contributed by atoms with van der Waals surface area (Å²) in [7, 11) is 0. The average Bonchev–Trinajstić information content (AvgIpc) is 2.84. The minimum atomic E-state index is 0.672. The molecule has 19 heavy (non-hydrogen) atoms. The predicted molar refractivity (Wildman–Crippen MR) is 85.7 cm³/mol. The third kappa shape index (κ3) is 2.99. The third-order valence-electron chi connectivity index (χ3n) is 5.19. The van der Waals surface area contributed by atoms with Gasteiger partial charge in [0.1, 0.15) is 0 Å². The van der Waals surface area contributed by atoms with Gasteiger partial charge in [-0.1, -0.05) is 18.9 Å². The molecule has 0 unspecified atom stereocenters. The Morgan fingerprint density at radius 2 is 1.79 bits per heavy atom. The van der Waals surface area contributed by atoms with Crippen LogP contribution in [0.25, 0.3) is 0 Å². The summed E-state index contributed by atoms with van der Waals surface area (Å²) in [5, 5.41) is 3.74. The first-order chi connectivity index (χ1) is 9.17. The minimum Gasteiger partial charge on any atom is -0.381 e. The van der Waals surface area contributed by atoms with E-state index < -0.39 is 0 Å². The Morgan fingerprint density at radius 3 is 2.42 bits per heavy atom. The summed E-state index contributed by atoms with van der Waals surface area (Å²) in [6.45, 7) is 2.14. The number of benzene rings is 1. The first-order valence-electron chi connectivity index (χ1n) is 7.70. The van der Waals surface area contributed by atoms with Gasteiger partial charge in [-0.25, -0.2) is 0 Å². The van der Waals surface area contributed by atoms with Crippen LogP contribution in [-0.2, 0) is 0 Å².